The number of amides is 3. The summed E-state index contributed by atoms with van der Waals surface area (Å²) in [7, 11) is 0. The maximum Gasteiger partial charge on any atom is 0.338 e. The van der Waals surface area contributed by atoms with Crippen LogP contribution in [0.4, 0.5) is 10.5 Å². The van der Waals surface area contributed by atoms with Gasteiger partial charge < -0.3 is 14.8 Å². The molecule has 2 rings (SSSR count). The molecule has 1 atom stereocenters. The van der Waals surface area contributed by atoms with Crippen LogP contribution in [0.2, 0.25) is 0 Å². The van der Waals surface area contributed by atoms with E-state index in [1.165, 1.54) is 6.92 Å². The number of esters is 2. The first-order chi connectivity index (χ1) is 13.6. The van der Waals surface area contributed by atoms with Gasteiger partial charge >= 0.3 is 18.0 Å². The smallest absolute Gasteiger partial charge is 0.338 e. The Bertz CT molecular complexity index is 937. The Morgan fingerprint density at radius 2 is 1.93 bits per heavy atom. The molecule has 0 saturated carbocycles. The number of benzene rings is 1. The molecule has 0 bridgehead atoms. The van der Waals surface area contributed by atoms with Crippen LogP contribution in [0, 0.1) is 10.1 Å². The van der Waals surface area contributed by atoms with E-state index in [1.807, 2.05) is 0 Å². The fraction of sp³-hybridized carbons (Fsp3) is 0.333. The summed E-state index contributed by atoms with van der Waals surface area (Å²) in [5.41, 5.74) is -0.472. The summed E-state index contributed by atoms with van der Waals surface area (Å²) in [6, 6.07) is 1.08. The summed E-state index contributed by atoms with van der Waals surface area (Å²) in [5, 5.41) is 13.7. The van der Waals surface area contributed by atoms with Crippen LogP contribution in [0.15, 0.2) is 29.5 Å². The van der Waals surface area contributed by atoms with Crippen LogP contribution in [0.1, 0.15) is 39.3 Å². The van der Waals surface area contributed by atoms with Crippen molar-refractivity contribution >= 4 is 29.6 Å². The zero-order valence-electron chi connectivity index (χ0n) is 16.2. The van der Waals surface area contributed by atoms with Crippen LogP contribution in [-0.4, -0.2) is 40.3 Å². The van der Waals surface area contributed by atoms with Crippen LogP contribution in [0.3, 0.4) is 0 Å². The lowest BCUT2D eigenvalue weighted by atomic mass is 9.92. The average molecular weight is 405 g/mol. The molecule has 1 unspecified atom stereocenters. The van der Waals surface area contributed by atoms with Crippen molar-refractivity contribution in [2.75, 3.05) is 6.61 Å². The Kier molecular flexibility index (Phi) is 6.32. The molecule has 11 heteroatoms. The number of hydrogen-bond acceptors (Lipinski definition) is 8. The van der Waals surface area contributed by atoms with Crippen molar-refractivity contribution in [3.05, 3.63) is 45.1 Å². The van der Waals surface area contributed by atoms with Gasteiger partial charge in [-0.05, 0) is 19.9 Å². The van der Waals surface area contributed by atoms with Gasteiger partial charge in [-0.2, -0.15) is 0 Å². The third-order valence-electron chi connectivity index (χ3n) is 4.04. The van der Waals surface area contributed by atoms with Gasteiger partial charge in [-0.1, -0.05) is 0 Å². The van der Waals surface area contributed by atoms with Gasteiger partial charge in [-0.25, -0.2) is 9.59 Å². The van der Waals surface area contributed by atoms with Gasteiger partial charge in [-0.15, -0.1) is 0 Å². The van der Waals surface area contributed by atoms with Crippen LogP contribution in [0.5, 0.6) is 5.75 Å². The number of allylic oxidation sites excluding steroid dienone is 1. The molecule has 0 saturated heterocycles. The minimum absolute atomic E-state index is 0.0160. The maximum absolute atomic E-state index is 12.6. The molecule has 1 aliphatic heterocycles. The molecule has 1 N–H and O–H groups in total. The number of urea groups is 1. The minimum Gasteiger partial charge on any atom is -0.463 e. The summed E-state index contributed by atoms with van der Waals surface area (Å²) < 4.78 is 10.2. The molecule has 0 aromatic heterocycles. The monoisotopic (exact) mass is 405 g/mol. The largest absolute Gasteiger partial charge is 0.463 e. The van der Waals surface area contributed by atoms with Crippen molar-refractivity contribution in [2.24, 2.45) is 0 Å². The van der Waals surface area contributed by atoms with E-state index in [-0.39, 0.29) is 34.9 Å². The third kappa shape index (κ3) is 4.39. The molecule has 1 aromatic rings. The molecule has 1 aromatic carbocycles. The lowest BCUT2D eigenvalue weighted by Gasteiger charge is -2.36. The van der Waals surface area contributed by atoms with E-state index in [0.29, 0.717) is 4.90 Å². The molecule has 0 fully saturated rings. The standard InChI is InChI=1S/C18H19N3O8/c1-5-28-17(24)15-9(2)19-18(25)20(10(3)22)16(15)13-8-12(21(26)27)6-7-14(13)29-11(4)23/h6-8,16H,5H2,1-4H3,(H,19,25). The molecule has 154 valence electrons. The van der Waals surface area contributed by atoms with Crippen molar-refractivity contribution in [3.63, 3.8) is 0 Å². The fourth-order valence-electron chi connectivity index (χ4n) is 2.94. The molecule has 0 radical (unpaired) electrons. The fourth-order valence-corrected chi connectivity index (χ4v) is 2.94. The average Bonchev–Trinajstić information content (AvgIpc) is 2.60. The molecule has 1 heterocycles. The molecular weight excluding hydrogens is 386 g/mol. The van der Waals surface area contributed by atoms with Gasteiger partial charge in [0.25, 0.3) is 5.69 Å². The van der Waals surface area contributed by atoms with Crippen LogP contribution >= 0.6 is 0 Å². The number of nitro benzene ring substituents is 1. The molecule has 29 heavy (non-hydrogen) atoms. The maximum atomic E-state index is 12.6. The predicted molar refractivity (Wildman–Crippen MR) is 97.5 cm³/mol. The number of imide groups is 1. The van der Waals surface area contributed by atoms with Crippen LogP contribution in [-0.2, 0) is 19.1 Å². The molecule has 3 amide bonds. The van der Waals surface area contributed by atoms with Crippen molar-refractivity contribution in [1.82, 2.24) is 10.2 Å². The summed E-state index contributed by atoms with van der Waals surface area (Å²) in [6.45, 7) is 5.23. The summed E-state index contributed by atoms with van der Waals surface area (Å²) in [5.74, 6) is -2.43. The molecule has 1 aliphatic rings. The number of carbonyl (C=O) groups excluding carboxylic acids is 4. The normalized spacial score (nSPS) is 16.2. The molecule has 0 spiro atoms. The van der Waals surface area contributed by atoms with Gasteiger partial charge in [0.1, 0.15) is 11.8 Å². The van der Waals surface area contributed by atoms with Crippen molar-refractivity contribution in [3.8, 4) is 5.75 Å². The minimum atomic E-state index is -1.39. The third-order valence-corrected chi connectivity index (χ3v) is 4.04. The van der Waals surface area contributed by atoms with Gasteiger partial charge in [0.05, 0.1) is 17.1 Å². The van der Waals surface area contributed by atoms with E-state index in [2.05, 4.69) is 5.32 Å². The quantitative estimate of drug-likeness (QED) is 0.339. The van der Waals surface area contributed by atoms with Crippen molar-refractivity contribution in [1.29, 1.82) is 0 Å². The highest BCUT2D eigenvalue weighted by molar-refractivity contribution is 6.01. The molecule has 11 nitrogen and oxygen atoms in total. The number of carbonyl (C=O) groups is 4. The summed E-state index contributed by atoms with van der Waals surface area (Å²) in [4.78, 5) is 60.1. The number of nitro groups is 1. The second-order valence-corrected chi connectivity index (χ2v) is 6.05. The molecule has 0 aliphatic carbocycles. The Morgan fingerprint density at radius 1 is 1.28 bits per heavy atom. The number of hydrogen-bond donors (Lipinski definition) is 1. The van der Waals surface area contributed by atoms with E-state index in [9.17, 15) is 29.3 Å². The number of rotatable bonds is 5. The number of non-ortho nitro benzene ring substituents is 1. The lowest BCUT2D eigenvalue weighted by Crippen LogP contribution is -2.50. The SMILES string of the molecule is CCOC(=O)C1=C(C)NC(=O)N(C(C)=O)C1c1cc([N+](=O)[O-])ccc1OC(C)=O. The van der Waals surface area contributed by atoms with Crippen LogP contribution < -0.4 is 10.1 Å². The van der Waals surface area contributed by atoms with Gasteiger partial charge in [-0.3, -0.25) is 24.6 Å². The Labute approximate surface area is 165 Å². The van der Waals surface area contributed by atoms with Crippen molar-refractivity contribution in [2.45, 2.75) is 33.7 Å². The highest BCUT2D eigenvalue weighted by Gasteiger charge is 2.42. The molecular formula is C18H19N3O8. The van der Waals surface area contributed by atoms with E-state index in [1.54, 1.807) is 6.92 Å². The van der Waals surface area contributed by atoms with Crippen LogP contribution in [0.25, 0.3) is 0 Å². The zero-order chi connectivity index (χ0) is 21.9. The highest BCUT2D eigenvalue weighted by atomic mass is 16.6. The first kappa shape index (κ1) is 21.5. The Morgan fingerprint density at radius 3 is 2.45 bits per heavy atom. The van der Waals surface area contributed by atoms with Gasteiger partial charge in [0.2, 0.25) is 5.91 Å². The van der Waals surface area contributed by atoms with E-state index >= 15 is 0 Å². The first-order valence-electron chi connectivity index (χ1n) is 8.53. The summed E-state index contributed by atoms with van der Waals surface area (Å²) >= 11 is 0. The second-order valence-electron chi connectivity index (χ2n) is 6.05. The predicted octanol–water partition coefficient (Wildman–Crippen LogP) is 1.97. The first-order valence-corrected chi connectivity index (χ1v) is 8.53. The number of ether oxygens (including phenoxy) is 2. The topological polar surface area (TPSA) is 145 Å². The Balaban J connectivity index is 2.83. The highest BCUT2D eigenvalue weighted by Crippen LogP contribution is 2.40. The Hall–Kier alpha value is -3.76. The number of nitrogens with one attached hydrogen (secondary N) is 1. The van der Waals surface area contributed by atoms with E-state index < -0.39 is 34.8 Å². The van der Waals surface area contributed by atoms with E-state index in [0.717, 1.165) is 32.0 Å². The van der Waals surface area contributed by atoms with Gasteiger partial charge in [0, 0.05) is 37.2 Å². The van der Waals surface area contributed by atoms with Crippen molar-refractivity contribution < 1.29 is 33.6 Å². The lowest BCUT2D eigenvalue weighted by molar-refractivity contribution is -0.385. The number of nitrogens with zero attached hydrogens (tertiary/aromatic N) is 2. The van der Waals surface area contributed by atoms with Gasteiger partial charge in [0.15, 0.2) is 0 Å². The zero-order valence-corrected chi connectivity index (χ0v) is 16.2. The summed E-state index contributed by atoms with van der Waals surface area (Å²) in [6.07, 6.45) is 0. The second kappa shape index (κ2) is 8.50. The van der Waals surface area contributed by atoms with E-state index in [4.69, 9.17) is 9.47 Å².